The Morgan fingerprint density at radius 3 is 2.48 bits per heavy atom. The summed E-state index contributed by atoms with van der Waals surface area (Å²) in [4.78, 5) is 4.26. The first-order chi connectivity index (χ1) is 10.6. The third kappa shape index (κ3) is 6.21. The minimum Gasteiger partial charge on any atom is -0.286 e. The summed E-state index contributed by atoms with van der Waals surface area (Å²) in [5, 5.41) is 2.68. The molecule has 0 unspecified atom stereocenters. The molecule has 23 heavy (non-hydrogen) atoms. The summed E-state index contributed by atoms with van der Waals surface area (Å²) in [5.41, 5.74) is 2.32. The molecule has 0 atom stereocenters. The van der Waals surface area contributed by atoms with E-state index in [1.165, 1.54) is 11.3 Å². The maximum Gasteiger partial charge on any atom is 0.264 e. The highest BCUT2D eigenvalue weighted by Crippen LogP contribution is 2.40. The van der Waals surface area contributed by atoms with Crippen LogP contribution in [0.25, 0.3) is 10.6 Å². The van der Waals surface area contributed by atoms with Crippen molar-refractivity contribution in [1.82, 2.24) is 4.98 Å². The average Bonchev–Trinajstić information content (AvgIpc) is 2.95. The number of thiazole rings is 1. The lowest BCUT2D eigenvalue weighted by atomic mass is 10.0. The van der Waals surface area contributed by atoms with E-state index in [0.29, 0.717) is 24.8 Å². The summed E-state index contributed by atoms with van der Waals surface area (Å²) in [6, 6.07) is 5.53. The van der Waals surface area contributed by atoms with Crippen LogP contribution in [0.5, 0.6) is 0 Å². The van der Waals surface area contributed by atoms with E-state index in [9.17, 15) is 8.42 Å². The fraction of sp³-hybridized carbons (Fsp3) is 0.357. The van der Waals surface area contributed by atoms with Gasteiger partial charge in [-0.05, 0) is 37.0 Å². The van der Waals surface area contributed by atoms with Crippen molar-refractivity contribution in [3.8, 4) is 10.6 Å². The molecule has 0 radical (unpaired) electrons. The molecule has 0 amide bonds. The lowest BCUT2D eigenvalue weighted by Gasteiger charge is -2.14. The van der Waals surface area contributed by atoms with E-state index < -0.39 is 13.9 Å². The van der Waals surface area contributed by atoms with E-state index in [2.05, 4.69) is 4.98 Å². The van der Waals surface area contributed by atoms with Gasteiger partial charge in [-0.25, -0.2) is 4.98 Å². The molecule has 0 fully saturated rings. The zero-order chi connectivity index (χ0) is 17.1. The number of nitrogens with zero attached hydrogens (tertiary/aromatic N) is 1. The number of rotatable bonds is 6. The molecule has 0 saturated carbocycles. The smallest absolute Gasteiger partial charge is 0.264 e. The van der Waals surface area contributed by atoms with Crippen LogP contribution in [0.3, 0.4) is 0 Å². The average molecular weight is 415 g/mol. The van der Waals surface area contributed by atoms with Crippen LogP contribution in [0, 0.1) is 0 Å². The number of hydrogen-bond acceptors (Lipinski definition) is 4. The van der Waals surface area contributed by atoms with Crippen molar-refractivity contribution >= 4 is 56.3 Å². The number of halogens is 3. The molecule has 0 aliphatic heterocycles. The Morgan fingerprint density at radius 1 is 1.17 bits per heavy atom. The van der Waals surface area contributed by atoms with Gasteiger partial charge in [0, 0.05) is 22.7 Å². The van der Waals surface area contributed by atoms with Gasteiger partial charge in [0.25, 0.3) is 10.1 Å². The van der Waals surface area contributed by atoms with Crippen LogP contribution in [-0.4, -0.2) is 23.7 Å². The lowest BCUT2D eigenvalue weighted by molar-refractivity contribution is 0.480. The molecule has 1 heterocycles. The normalized spacial score (nSPS) is 12.5. The van der Waals surface area contributed by atoms with E-state index in [1.807, 2.05) is 11.4 Å². The zero-order valence-corrected chi connectivity index (χ0v) is 15.8. The van der Waals surface area contributed by atoms with Crippen LogP contribution in [-0.2, 0) is 20.3 Å². The number of unbranched alkanes of at least 4 members (excludes halogenated alkanes) is 1. The quantitative estimate of drug-likeness (QED) is 0.417. The highest BCUT2D eigenvalue weighted by molar-refractivity contribution is 7.85. The molecule has 4 nitrogen and oxygen atoms in total. The van der Waals surface area contributed by atoms with Gasteiger partial charge in [-0.3, -0.25) is 4.55 Å². The van der Waals surface area contributed by atoms with Crippen LogP contribution < -0.4 is 0 Å². The van der Waals surface area contributed by atoms with Crippen LogP contribution >= 0.6 is 46.1 Å². The van der Waals surface area contributed by atoms with Gasteiger partial charge >= 0.3 is 0 Å². The highest BCUT2D eigenvalue weighted by Gasteiger charge is 2.24. The fourth-order valence-corrected chi connectivity index (χ4v) is 3.63. The van der Waals surface area contributed by atoms with Gasteiger partial charge < -0.3 is 0 Å². The van der Waals surface area contributed by atoms with Crippen molar-refractivity contribution in [2.45, 2.75) is 23.1 Å². The van der Waals surface area contributed by atoms with Gasteiger partial charge in [-0.1, -0.05) is 40.9 Å². The van der Waals surface area contributed by atoms with Crippen molar-refractivity contribution in [2.24, 2.45) is 0 Å². The molecule has 0 saturated heterocycles. The summed E-state index contributed by atoms with van der Waals surface area (Å²) in [7, 11) is -3.93. The first-order valence-electron chi connectivity index (χ1n) is 6.71. The summed E-state index contributed by atoms with van der Waals surface area (Å²) in [6.45, 7) is 0. The third-order valence-electron chi connectivity index (χ3n) is 3.12. The molecule has 0 aliphatic carbocycles. The van der Waals surface area contributed by atoms with E-state index in [1.54, 1.807) is 18.3 Å². The van der Waals surface area contributed by atoms with E-state index >= 15 is 0 Å². The second-order valence-electron chi connectivity index (χ2n) is 5.00. The molecule has 2 aromatic rings. The highest BCUT2D eigenvalue weighted by atomic mass is 35.6. The van der Waals surface area contributed by atoms with Crippen LogP contribution in [0.15, 0.2) is 29.8 Å². The minimum absolute atomic E-state index is 0.253. The third-order valence-corrected chi connectivity index (χ3v) is 5.40. The summed E-state index contributed by atoms with van der Waals surface area (Å²) in [5.74, 6) is -0.253. The maximum absolute atomic E-state index is 10.7. The van der Waals surface area contributed by atoms with E-state index in [-0.39, 0.29) is 5.75 Å². The van der Waals surface area contributed by atoms with Crippen LogP contribution in [0.2, 0.25) is 0 Å². The van der Waals surface area contributed by atoms with Gasteiger partial charge in [-0.2, -0.15) is 8.42 Å². The number of benzene rings is 1. The molecule has 1 N–H and O–H groups in total. The molecule has 0 spiro atoms. The van der Waals surface area contributed by atoms with Gasteiger partial charge in [0.15, 0.2) is 0 Å². The van der Waals surface area contributed by atoms with Crippen molar-refractivity contribution in [3.63, 3.8) is 0 Å². The van der Waals surface area contributed by atoms with E-state index in [0.717, 1.165) is 16.1 Å². The maximum atomic E-state index is 10.7. The Balaban J connectivity index is 2.20. The number of alkyl halides is 3. The first-order valence-corrected chi connectivity index (χ1v) is 10.3. The van der Waals surface area contributed by atoms with Crippen molar-refractivity contribution in [1.29, 1.82) is 0 Å². The SMILES string of the molecule is O=S(=O)(O)CCCCc1cc(-c2nccs2)cc(C(Cl)(Cl)Cl)c1. The summed E-state index contributed by atoms with van der Waals surface area (Å²) < 4.78 is 28.7. The second kappa shape index (κ2) is 7.68. The number of aryl methyl sites for hydroxylation is 1. The topological polar surface area (TPSA) is 67.3 Å². The summed E-state index contributed by atoms with van der Waals surface area (Å²) in [6.07, 6.45) is 3.28. The van der Waals surface area contributed by atoms with E-state index in [4.69, 9.17) is 39.4 Å². The Bertz CT molecular complexity index is 756. The Morgan fingerprint density at radius 2 is 1.91 bits per heavy atom. The van der Waals surface area contributed by atoms with Gasteiger partial charge in [-0.15, -0.1) is 11.3 Å². The van der Waals surface area contributed by atoms with Crippen LogP contribution in [0.1, 0.15) is 24.0 Å². The van der Waals surface area contributed by atoms with Gasteiger partial charge in [0.05, 0.1) is 5.75 Å². The molecule has 1 aromatic heterocycles. The number of aromatic nitrogens is 1. The fourth-order valence-electron chi connectivity index (χ4n) is 2.10. The molecular weight excluding hydrogens is 401 g/mol. The van der Waals surface area contributed by atoms with Crippen molar-refractivity contribution in [3.05, 3.63) is 40.9 Å². The molecule has 1 aromatic carbocycles. The molecule has 2 rings (SSSR count). The van der Waals surface area contributed by atoms with Gasteiger partial charge in [0.2, 0.25) is 3.79 Å². The van der Waals surface area contributed by atoms with Crippen molar-refractivity contribution < 1.29 is 13.0 Å². The minimum atomic E-state index is -3.93. The Labute approximate surface area is 154 Å². The Kier molecular flexibility index (Phi) is 6.33. The molecule has 9 heteroatoms. The Hall–Kier alpha value is -0.370. The van der Waals surface area contributed by atoms with Crippen LogP contribution in [0.4, 0.5) is 0 Å². The lowest BCUT2D eigenvalue weighted by Crippen LogP contribution is -2.05. The monoisotopic (exact) mass is 413 g/mol. The zero-order valence-electron chi connectivity index (χ0n) is 11.9. The largest absolute Gasteiger partial charge is 0.286 e. The second-order valence-corrected chi connectivity index (χ2v) is 9.74. The molecule has 0 aliphatic rings. The first kappa shape index (κ1) is 19.0. The van der Waals surface area contributed by atoms with Gasteiger partial charge in [0.1, 0.15) is 5.01 Å². The molecule has 0 bridgehead atoms. The summed E-state index contributed by atoms with van der Waals surface area (Å²) >= 11 is 19.4. The van der Waals surface area contributed by atoms with Crippen molar-refractivity contribution in [2.75, 3.05) is 5.75 Å². The molecule has 126 valence electrons. The number of hydrogen-bond donors (Lipinski definition) is 1. The molecular formula is C14H14Cl3NO3S2. The predicted octanol–water partition coefficient (Wildman–Crippen LogP) is 4.85. The standard InChI is InChI=1S/C14H14Cl3NO3S2/c15-14(16,17)12-8-10(3-1-2-6-23(19,20)21)7-11(9-12)13-18-4-5-22-13/h4-5,7-9H,1-3,6H2,(H,19,20,21). The predicted molar refractivity (Wildman–Crippen MR) is 96.1 cm³/mol.